The van der Waals surface area contributed by atoms with Gasteiger partial charge in [0.2, 0.25) is 0 Å². The molecule has 54 valence electrons. The highest BCUT2D eigenvalue weighted by Crippen LogP contribution is 2.33. The topological polar surface area (TPSA) is 26.0 Å². The summed E-state index contributed by atoms with van der Waals surface area (Å²) in [6.45, 7) is 4.59. The van der Waals surface area contributed by atoms with Crippen LogP contribution in [0.5, 0.6) is 0 Å². The Labute approximate surface area is 57.6 Å². The van der Waals surface area contributed by atoms with Crippen LogP contribution >= 0.6 is 0 Å². The summed E-state index contributed by atoms with van der Waals surface area (Å²) in [5.41, 5.74) is 5.66. The molecule has 2 N–H and O–H groups in total. The van der Waals surface area contributed by atoms with E-state index in [-0.39, 0.29) is 0 Å². The van der Waals surface area contributed by atoms with Crippen LogP contribution in [0.2, 0.25) is 0 Å². The maximum atomic E-state index is 5.66. The number of nitrogens with two attached hydrogens (primary N) is 1. The Bertz CT molecular complexity index is 84.6. The Morgan fingerprint density at radius 1 is 1.56 bits per heavy atom. The fourth-order valence-corrected chi connectivity index (χ4v) is 1.51. The van der Waals surface area contributed by atoms with E-state index in [4.69, 9.17) is 5.73 Å². The molecular weight excluding hydrogens is 110 g/mol. The molecule has 0 radical (unpaired) electrons. The van der Waals surface area contributed by atoms with Crippen LogP contribution in [-0.2, 0) is 0 Å². The molecule has 0 spiro atoms. The van der Waals surface area contributed by atoms with Crippen molar-refractivity contribution in [2.75, 3.05) is 0 Å². The molecular formula is C8H17N. The Morgan fingerprint density at radius 2 is 2.11 bits per heavy atom. The van der Waals surface area contributed by atoms with Crippen molar-refractivity contribution in [1.82, 2.24) is 0 Å². The maximum absolute atomic E-state index is 5.66. The van der Waals surface area contributed by atoms with E-state index in [1.54, 1.807) is 0 Å². The quantitative estimate of drug-likeness (QED) is 0.601. The molecule has 0 aromatic rings. The van der Waals surface area contributed by atoms with Crippen molar-refractivity contribution >= 4 is 0 Å². The molecule has 1 fully saturated rings. The minimum atomic E-state index is 0.531. The van der Waals surface area contributed by atoms with Gasteiger partial charge in [-0.15, -0.1) is 0 Å². The first kappa shape index (κ1) is 7.07. The van der Waals surface area contributed by atoms with Gasteiger partial charge in [-0.2, -0.15) is 0 Å². The summed E-state index contributed by atoms with van der Waals surface area (Å²) < 4.78 is 0. The van der Waals surface area contributed by atoms with Crippen LogP contribution in [0.25, 0.3) is 0 Å². The molecule has 0 aromatic carbocycles. The van der Waals surface area contributed by atoms with Gasteiger partial charge in [0, 0.05) is 6.04 Å². The lowest BCUT2D eigenvalue weighted by atomic mass is 9.73. The molecule has 1 aliphatic rings. The summed E-state index contributed by atoms with van der Waals surface area (Å²) in [5.74, 6) is 1.86. The average Bonchev–Trinajstić information content (AvgIpc) is 1.79. The van der Waals surface area contributed by atoms with Gasteiger partial charge >= 0.3 is 0 Å². The third-order valence-electron chi connectivity index (χ3n) is 2.66. The Hall–Kier alpha value is -0.0400. The first-order valence-electron chi connectivity index (χ1n) is 3.99. The minimum absolute atomic E-state index is 0.531. The standard InChI is InChI=1S/C8H17N/c1-3-6(2)7-4-8(9)5-7/h6-8H,3-5,9H2,1-2H3. The highest BCUT2D eigenvalue weighted by atomic mass is 14.7. The van der Waals surface area contributed by atoms with Crippen LogP contribution in [0.3, 0.4) is 0 Å². The normalized spacial score (nSPS) is 37.7. The van der Waals surface area contributed by atoms with Crippen LogP contribution in [-0.4, -0.2) is 6.04 Å². The van der Waals surface area contributed by atoms with Crippen molar-refractivity contribution < 1.29 is 0 Å². The maximum Gasteiger partial charge on any atom is 0.00443 e. The zero-order valence-electron chi connectivity index (χ0n) is 6.43. The second-order valence-electron chi connectivity index (χ2n) is 3.38. The summed E-state index contributed by atoms with van der Waals surface area (Å²) in [7, 11) is 0. The lowest BCUT2D eigenvalue weighted by Crippen LogP contribution is -2.39. The SMILES string of the molecule is CCC(C)C1CC(N)C1. The zero-order chi connectivity index (χ0) is 6.85. The summed E-state index contributed by atoms with van der Waals surface area (Å²) in [5, 5.41) is 0. The summed E-state index contributed by atoms with van der Waals surface area (Å²) in [6, 6.07) is 0.531. The fraction of sp³-hybridized carbons (Fsp3) is 1.00. The highest BCUT2D eigenvalue weighted by molar-refractivity contribution is 4.84. The molecule has 0 aliphatic heterocycles. The van der Waals surface area contributed by atoms with Gasteiger partial charge in [0.15, 0.2) is 0 Å². The van der Waals surface area contributed by atoms with E-state index < -0.39 is 0 Å². The third kappa shape index (κ3) is 1.45. The molecule has 1 aliphatic carbocycles. The second-order valence-corrected chi connectivity index (χ2v) is 3.38. The number of hydrogen-bond donors (Lipinski definition) is 1. The van der Waals surface area contributed by atoms with Crippen LogP contribution in [0.1, 0.15) is 33.1 Å². The van der Waals surface area contributed by atoms with Crippen molar-refractivity contribution in [2.24, 2.45) is 17.6 Å². The Balaban J connectivity index is 2.15. The fourth-order valence-electron chi connectivity index (χ4n) is 1.51. The van der Waals surface area contributed by atoms with E-state index in [0.717, 1.165) is 11.8 Å². The van der Waals surface area contributed by atoms with Crippen molar-refractivity contribution in [3.8, 4) is 0 Å². The average molecular weight is 127 g/mol. The minimum Gasteiger partial charge on any atom is -0.328 e. The predicted octanol–water partition coefficient (Wildman–Crippen LogP) is 1.77. The van der Waals surface area contributed by atoms with Crippen LogP contribution in [0.15, 0.2) is 0 Å². The van der Waals surface area contributed by atoms with Gasteiger partial charge in [-0.25, -0.2) is 0 Å². The van der Waals surface area contributed by atoms with E-state index in [9.17, 15) is 0 Å². The number of hydrogen-bond acceptors (Lipinski definition) is 1. The van der Waals surface area contributed by atoms with Gasteiger partial charge in [-0.05, 0) is 24.7 Å². The second kappa shape index (κ2) is 2.70. The van der Waals surface area contributed by atoms with Crippen molar-refractivity contribution in [3.63, 3.8) is 0 Å². The molecule has 1 rings (SSSR count). The van der Waals surface area contributed by atoms with E-state index in [1.807, 2.05) is 0 Å². The number of rotatable bonds is 2. The highest BCUT2D eigenvalue weighted by Gasteiger charge is 2.29. The predicted molar refractivity (Wildman–Crippen MR) is 40.2 cm³/mol. The first-order chi connectivity index (χ1) is 4.24. The first-order valence-corrected chi connectivity index (χ1v) is 3.99. The molecule has 1 atom stereocenters. The largest absolute Gasteiger partial charge is 0.328 e. The van der Waals surface area contributed by atoms with Crippen molar-refractivity contribution in [1.29, 1.82) is 0 Å². The summed E-state index contributed by atoms with van der Waals surface area (Å²) in [6.07, 6.45) is 3.86. The van der Waals surface area contributed by atoms with E-state index >= 15 is 0 Å². The smallest absolute Gasteiger partial charge is 0.00443 e. The molecule has 0 saturated heterocycles. The monoisotopic (exact) mass is 127 g/mol. The molecule has 0 bridgehead atoms. The summed E-state index contributed by atoms with van der Waals surface area (Å²) in [4.78, 5) is 0. The van der Waals surface area contributed by atoms with Gasteiger partial charge in [0.1, 0.15) is 0 Å². The van der Waals surface area contributed by atoms with E-state index in [0.29, 0.717) is 6.04 Å². The van der Waals surface area contributed by atoms with Crippen LogP contribution < -0.4 is 5.73 Å². The van der Waals surface area contributed by atoms with Crippen molar-refractivity contribution in [2.45, 2.75) is 39.2 Å². The molecule has 9 heavy (non-hydrogen) atoms. The lowest BCUT2D eigenvalue weighted by Gasteiger charge is -2.36. The van der Waals surface area contributed by atoms with Gasteiger partial charge in [-0.3, -0.25) is 0 Å². The molecule has 1 saturated carbocycles. The van der Waals surface area contributed by atoms with Gasteiger partial charge < -0.3 is 5.73 Å². The lowest BCUT2D eigenvalue weighted by molar-refractivity contribution is 0.183. The Morgan fingerprint density at radius 3 is 2.44 bits per heavy atom. The van der Waals surface area contributed by atoms with Crippen LogP contribution in [0, 0.1) is 11.8 Å². The van der Waals surface area contributed by atoms with Gasteiger partial charge in [-0.1, -0.05) is 20.3 Å². The molecule has 1 heteroatoms. The third-order valence-corrected chi connectivity index (χ3v) is 2.66. The van der Waals surface area contributed by atoms with E-state index in [1.165, 1.54) is 19.3 Å². The van der Waals surface area contributed by atoms with Crippen molar-refractivity contribution in [3.05, 3.63) is 0 Å². The molecule has 0 heterocycles. The van der Waals surface area contributed by atoms with Gasteiger partial charge in [0.25, 0.3) is 0 Å². The summed E-state index contributed by atoms with van der Waals surface area (Å²) >= 11 is 0. The molecule has 1 nitrogen and oxygen atoms in total. The molecule has 0 aromatic heterocycles. The van der Waals surface area contributed by atoms with E-state index in [2.05, 4.69) is 13.8 Å². The molecule has 0 amide bonds. The van der Waals surface area contributed by atoms with Gasteiger partial charge in [0.05, 0.1) is 0 Å². The van der Waals surface area contributed by atoms with Crippen LogP contribution in [0.4, 0.5) is 0 Å². The Kier molecular flexibility index (Phi) is 2.12. The molecule has 1 unspecified atom stereocenters. The zero-order valence-corrected chi connectivity index (χ0v) is 6.43.